The van der Waals surface area contributed by atoms with Crippen LogP contribution in [0.4, 0.5) is 22.0 Å². The van der Waals surface area contributed by atoms with Gasteiger partial charge in [-0.3, -0.25) is 0 Å². The Balaban J connectivity index is 0. The summed E-state index contributed by atoms with van der Waals surface area (Å²) in [6, 6.07) is 0. The molecule has 16 heavy (non-hydrogen) atoms. The van der Waals surface area contributed by atoms with E-state index in [0.717, 1.165) is 0 Å². The summed E-state index contributed by atoms with van der Waals surface area (Å²) in [5.41, 5.74) is 0. The third-order valence-corrected chi connectivity index (χ3v) is 2.23. The molecule has 0 radical (unpaired) electrons. The molecule has 0 amide bonds. The van der Waals surface area contributed by atoms with E-state index in [9.17, 15) is 34.9 Å². The molecule has 92 valence electrons. The normalized spacial score (nSPS) is 19.4. The van der Waals surface area contributed by atoms with Crippen LogP contribution in [0.3, 0.4) is 0 Å². The van der Waals surface area contributed by atoms with E-state index in [1.165, 1.54) is 0 Å². The SMILES string of the molecule is O=S(=O)([O-])CC(F)C(F)C(F)C(F)CF.[Li+]. The minimum absolute atomic E-state index is 0. The molecule has 3 nitrogen and oxygen atoms in total. The molecule has 0 fully saturated rings. The van der Waals surface area contributed by atoms with Gasteiger partial charge in [0.05, 0.1) is 15.9 Å². The zero-order valence-electron chi connectivity index (χ0n) is 8.25. The average molecular weight is 262 g/mol. The third-order valence-electron chi connectivity index (χ3n) is 1.51. The predicted molar refractivity (Wildman–Crippen MR) is 40.1 cm³/mol. The molecule has 0 aromatic carbocycles. The second-order valence-electron chi connectivity index (χ2n) is 2.80. The number of halogens is 5. The molecule has 0 aliphatic carbocycles. The molecular weight excluding hydrogens is 254 g/mol. The van der Waals surface area contributed by atoms with E-state index in [1.54, 1.807) is 0 Å². The molecule has 0 heterocycles. The molecular formula is C6H8F5LiO3S. The van der Waals surface area contributed by atoms with Crippen LogP contribution in [0, 0.1) is 0 Å². The van der Waals surface area contributed by atoms with Crippen molar-refractivity contribution in [3.05, 3.63) is 0 Å². The standard InChI is InChI=1S/C6H9F5O3S.Li/c7-1-3(8)5(10)6(11)4(9)2-15(12,13)14;/h3-6H,1-2H2,(H,12,13,14);/q;+1/p-1. The van der Waals surface area contributed by atoms with Crippen LogP contribution in [0.15, 0.2) is 0 Å². The van der Waals surface area contributed by atoms with Crippen molar-refractivity contribution in [2.45, 2.75) is 24.7 Å². The van der Waals surface area contributed by atoms with Gasteiger partial charge < -0.3 is 4.55 Å². The van der Waals surface area contributed by atoms with Gasteiger partial charge in [0, 0.05) is 0 Å². The van der Waals surface area contributed by atoms with Gasteiger partial charge in [-0.05, 0) is 0 Å². The molecule has 0 saturated heterocycles. The molecule has 0 N–H and O–H groups in total. The summed E-state index contributed by atoms with van der Waals surface area (Å²) >= 11 is 0. The maximum Gasteiger partial charge on any atom is 1.00 e. The smallest absolute Gasteiger partial charge is 0.748 e. The van der Waals surface area contributed by atoms with Gasteiger partial charge in [-0.1, -0.05) is 0 Å². The maximum atomic E-state index is 12.6. The van der Waals surface area contributed by atoms with Crippen LogP contribution < -0.4 is 18.9 Å². The zero-order valence-corrected chi connectivity index (χ0v) is 9.06. The van der Waals surface area contributed by atoms with Crippen LogP contribution in [0.2, 0.25) is 0 Å². The van der Waals surface area contributed by atoms with Gasteiger partial charge in [0.1, 0.15) is 12.8 Å². The minimum atomic E-state index is -5.08. The van der Waals surface area contributed by atoms with Gasteiger partial charge in [0.2, 0.25) is 0 Å². The Morgan fingerprint density at radius 1 is 1.00 bits per heavy atom. The van der Waals surface area contributed by atoms with E-state index in [0.29, 0.717) is 0 Å². The molecule has 0 aromatic heterocycles. The summed E-state index contributed by atoms with van der Waals surface area (Å²) in [6.45, 7) is -1.86. The van der Waals surface area contributed by atoms with Crippen LogP contribution in [-0.2, 0) is 10.1 Å². The van der Waals surface area contributed by atoms with E-state index in [1.807, 2.05) is 0 Å². The molecule has 0 aliphatic heterocycles. The Morgan fingerprint density at radius 2 is 1.38 bits per heavy atom. The first-order valence-electron chi connectivity index (χ1n) is 3.75. The molecule has 4 atom stereocenters. The largest absolute Gasteiger partial charge is 1.00 e. The first-order chi connectivity index (χ1) is 6.69. The maximum absolute atomic E-state index is 12.6. The van der Waals surface area contributed by atoms with Crippen molar-refractivity contribution in [3.8, 4) is 0 Å². The van der Waals surface area contributed by atoms with Crippen molar-refractivity contribution in [2.75, 3.05) is 12.4 Å². The Hall–Kier alpha value is 0.157. The monoisotopic (exact) mass is 262 g/mol. The van der Waals surface area contributed by atoms with E-state index in [2.05, 4.69) is 0 Å². The van der Waals surface area contributed by atoms with Gasteiger partial charge >= 0.3 is 18.9 Å². The topological polar surface area (TPSA) is 57.2 Å². The molecule has 10 heteroatoms. The molecule has 0 spiro atoms. The number of alkyl halides is 5. The molecule has 4 unspecified atom stereocenters. The van der Waals surface area contributed by atoms with E-state index in [-0.39, 0.29) is 18.9 Å². The molecule has 0 aromatic rings. The Labute approximate surface area is 101 Å². The Kier molecular flexibility index (Phi) is 8.65. The van der Waals surface area contributed by atoms with Crippen LogP contribution in [0.5, 0.6) is 0 Å². The van der Waals surface area contributed by atoms with Crippen molar-refractivity contribution in [1.29, 1.82) is 0 Å². The summed E-state index contributed by atoms with van der Waals surface area (Å²) in [6.07, 6.45) is -12.2. The van der Waals surface area contributed by atoms with Gasteiger partial charge in [-0.2, -0.15) is 0 Å². The van der Waals surface area contributed by atoms with Gasteiger partial charge in [-0.25, -0.2) is 30.4 Å². The third kappa shape index (κ3) is 6.68. The van der Waals surface area contributed by atoms with Crippen molar-refractivity contribution in [3.63, 3.8) is 0 Å². The van der Waals surface area contributed by atoms with Gasteiger partial charge in [-0.15, -0.1) is 0 Å². The Bertz CT molecular complexity index is 288. The number of hydrogen-bond acceptors (Lipinski definition) is 3. The molecule has 0 rings (SSSR count). The fourth-order valence-corrected chi connectivity index (χ4v) is 1.34. The van der Waals surface area contributed by atoms with Crippen LogP contribution in [-0.4, -0.2) is 50.1 Å². The number of rotatable bonds is 6. The van der Waals surface area contributed by atoms with E-state index >= 15 is 0 Å². The summed E-state index contributed by atoms with van der Waals surface area (Å²) < 4.78 is 91.2. The van der Waals surface area contributed by atoms with E-state index < -0.39 is 47.2 Å². The van der Waals surface area contributed by atoms with Crippen LogP contribution in [0.25, 0.3) is 0 Å². The second kappa shape index (κ2) is 7.48. The summed E-state index contributed by atoms with van der Waals surface area (Å²) in [4.78, 5) is 0. The summed E-state index contributed by atoms with van der Waals surface area (Å²) in [7, 11) is -5.08. The fraction of sp³-hybridized carbons (Fsp3) is 1.00. The molecule has 0 aliphatic rings. The van der Waals surface area contributed by atoms with Crippen molar-refractivity contribution >= 4 is 10.1 Å². The first-order valence-corrected chi connectivity index (χ1v) is 5.32. The zero-order chi connectivity index (χ0) is 12.2. The number of hydrogen-bond donors (Lipinski definition) is 0. The molecule has 0 bridgehead atoms. The molecule has 0 saturated carbocycles. The quantitative estimate of drug-likeness (QED) is 0.312. The Morgan fingerprint density at radius 3 is 1.69 bits per heavy atom. The van der Waals surface area contributed by atoms with Crippen molar-refractivity contribution in [2.24, 2.45) is 0 Å². The first kappa shape index (κ1) is 18.5. The minimum Gasteiger partial charge on any atom is -0.748 e. The predicted octanol–water partition coefficient (Wildman–Crippen LogP) is -2.14. The van der Waals surface area contributed by atoms with Gasteiger partial charge in [0.25, 0.3) is 0 Å². The van der Waals surface area contributed by atoms with Crippen LogP contribution >= 0.6 is 0 Å². The summed E-state index contributed by atoms with van der Waals surface area (Å²) in [5.74, 6) is -1.81. The summed E-state index contributed by atoms with van der Waals surface area (Å²) in [5, 5.41) is 0. The van der Waals surface area contributed by atoms with Crippen molar-refractivity contribution < 1.29 is 53.8 Å². The average Bonchev–Trinajstić information content (AvgIpc) is 2.11. The fourth-order valence-electron chi connectivity index (χ4n) is 0.771. The van der Waals surface area contributed by atoms with Crippen LogP contribution in [0.1, 0.15) is 0 Å². The second-order valence-corrected chi connectivity index (χ2v) is 4.25. The van der Waals surface area contributed by atoms with Crippen molar-refractivity contribution in [1.82, 2.24) is 0 Å². The van der Waals surface area contributed by atoms with E-state index in [4.69, 9.17) is 0 Å². The van der Waals surface area contributed by atoms with Gasteiger partial charge in [0.15, 0.2) is 18.5 Å².